The molecule has 0 saturated heterocycles. The molecule has 7 nitrogen and oxygen atoms in total. The van der Waals surface area contributed by atoms with Gasteiger partial charge in [-0.1, -0.05) is 6.92 Å². The zero-order chi connectivity index (χ0) is 15.1. The maximum absolute atomic E-state index is 11.2. The molecule has 1 aromatic heterocycles. The summed E-state index contributed by atoms with van der Waals surface area (Å²) >= 11 is 1.78. The molecule has 0 amide bonds. The van der Waals surface area contributed by atoms with Crippen LogP contribution in [0.1, 0.15) is 26.5 Å². The Hall–Kier alpha value is -1.57. The highest BCUT2D eigenvalue weighted by Crippen LogP contribution is 2.27. The van der Waals surface area contributed by atoms with Gasteiger partial charge < -0.3 is 10.6 Å². The van der Waals surface area contributed by atoms with Crippen molar-refractivity contribution in [1.82, 2.24) is 9.97 Å². The highest BCUT2D eigenvalue weighted by molar-refractivity contribution is 7.99. The Labute approximate surface area is 123 Å². The highest BCUT2D eigenvalue weighted by Gasteiger charge is 2.23. The molecular weight excluding hydrogens is 278 g/mol. The van der Waals surface area contributed by atoms with Crippen LogP contribution in [0.4, 0.5) is 17.5 Å². The van der Waals surface area contributed by atoms with Crippen molar-refractivity contribution in [1.29, 1.82) is 0 Å². The van der Waals surface area contributed by atoms with E-state index in [9.17, 15) is 10.1 Å². The smallest absolute Gasteiger partial charge is 0.332 e. The normalized spacial score (nSPS) is 12.0. The number of rotatable bonds is 8. The average molecular weight is 299 g/mol. The standard InChI is InChI=1S/C12H21N5O2S/c1-5-13-12-15-9(4)10(17(18)19)11(16-12)14-8(3)7-20-6-2/h8H,5-7H2,1-4H3,(H2,13,14,15,16). The maximum Gasteiger partial charge on any atom is 0.332 e. The van der Waals surface area contributed by atoms with Crippen LogP contribution in [0.25, 0.3) is 0 Å². The number of nitro groups is 1. The van der Waals surface area contributed by atoms with Gasteiger partial charge in [0, 0.05) is 18.3 Å². The van der Waals surface area contributed by atoms with Gasteiger partial charge in [-0.2, -0.15) is 16.7 Å². The molecule has 112 valence electrons. The lowest BCUT2D eigenvalue weighted by Crippen LogP contribution is -2.21. The van der Waals surface area contributed by atoms with E-state index in [1.807, 2.05) is 13.8 Å². The van der Waals surface area contributed by atoms with Crippen LogP contribution in [0.3, 0.4) is 0 Å². The summed E-state index contributed by atoms with van der Waals surface area (Å²) in [6, 6.07) is 0.0995. The van der Waals surface area contributed by atoms with E-state index in [0.29, 0.717) is 18.2 Å². The van der Waals surface area contributed by atoms with E-state index in [4.69, 9.17) is 0 Å². The predicted octanol–water partition coefficient (Wildman–Crippen LogP) is 2.68. The molecular formula is C12H21N5O2S. The molecule has 0 aliphatic carbocycles. The Balaban J connectivity index is 3.03. The first-order chi connectivity index (χ1) is 9.49. The second-order valence-electron chi connectivity index (χ2n) is 4.32. The van der Waals surface area contributed by atoms with Crippen molar-refractivity contribution in [2.75, 3.05) is 28.7 Å². The quantitative estimate of drug-likeness (QED) is 0.563. The van der Waals surface area contributed by atoms with Crippen LogP contribution in [0.15, 0.2) is 0 Å². The summed E-state index contributed by atoms with van der Waals surface area (Å²) in [6.45, 7) is 8.28. The molecule has 1 heterocycles. The summed E-state index contributed by atoms with van der Waals surface area (Å²) in [5.74, 6) is 2.57. The molecule has 0 fully saturated rings. The Morgan fingerprint density at radius 3 is 2.65 bits per heavy atom. The van der Waals surface area contributed by atoms with Crippen LogP contribution in [-0.2, 0) is 0 Å². The van der Waals surface area contributed by atoms with Crippen molar-refractivity contribution in [2.24, 2.45) is 0 Å². The van der Waals surface area contributed by atoms with E-state index in [1.165, 1.54) is 0 Å². The third kappa shape index (κ3) is 4.52. The summed E-state index contributed by atoms with van der Waals surface area (Å²) < 4.78 is 0. The molecule has 1 rings (SSSR count). The Kier molecular flexibility index (Phi) is 6.50. The van der Waals surface area contributed by atoms with Crippen LogP contribution in [0.5, 0.6) is 0 Å². The van der Waals surface area contributed by atoms with Crippen molar-refractivity contribution in [2.45, 2.75) is 33.7 Å². The minimum absolute atomic E-state index is 0.0556. The molecule has 1 aromatic rings. The van der Waals surface area contributed by atoms with E-state index in [0.717, 1.165) is 11.5 Å². The fourth-order valence-electron chi connectivity index (χ4n) is 1.69. The molecule has 0 saturated carbocycles. The topological polar surface area (TPSA) is 93.0 Å². The van der Waals surface area contributed by atoms with E-state index < -0.39 is 4.92 Å². The number of hydrogen-bond acceptors (Lipinski definition) is 7. The minimum atomic E-state index is -0.437. The first kappa shape index (κ1) is 16.5. The minimum Gasteiger partial charge on any atom is -0.361 e. The first-order valence-corrected chi connectivity index (χ1v) is 7.76. The van der Waals surface area contributed by atoms with Gasteiger partial charge in [0.05, 0.1) is 4.92 Å². The molecule has 20 heavy (non-hydrogen) atoms. The van der Waals surface area contributed by atoms with E-state index in [2.05, 4.69) is 27.5 Å². The van der Waals surface area contributed by atoms with Crippen molar-refractivity contribution in [3.8, 4) is 0 Å². The number of aromatic nitrogens is 2. The van der Waals surface area contributed by atoms with Crippen LogP contribution >= 0.6 is 11.8 Å². The summed E-state index contributed by atoms with van der Waals surface area (Å²) in [4.78, 5) is 19.0. The number of aryl methyl sites for hydroxylation is 1. The third-order valence-electron chi connectivity index (χ3n) is 2.53. The van der Waals surface area contributed by atoms with Crippen LogP contribution in [0.2, 0.25) is 0 Å². The fourth-order valence-corrected chi connectivity index (χ4v) is 2.37. The number of nitrogens with one attached hydrogen (secondary N) is 2. The van der Waals surface area contributed by atoms with Gasteiger partial charge in [0.1, 0.15) is 5.69 Å². The second-order valence-corrected chi connectivity index (χ2v) is 5.64. The predicted molar refractivity (Wildman–Crippen MR) is 83.7 cm³/mol. The molecule has 0 aliphatic rings. The number of nitrogens with zero attached hydrogens (tertiary/aromatic N) is 3. The van der Waals surface area contributed by atoms with E-state index >= 15 is 0 Å². The van der Waals surface area contributed by atoms with E-state index in [1.54, 1.807) is 18.7 Å². The molecule has 0 aliphatic heterocycles. The van der Waals surface area contributed by atoms with Gasteiger partial charge in [-0.15, -0.1) is 0 Å². The number of hydrogen-bond donors (Lipinski definition) is 2. The third-order valence-corrected chi connectivity index (χ3v) is 3.67. The highest BCUT2D eigenvalue weighted by atomic mass is 32.2. The van der Waals surface area contributed by atoms with Crippen LogP contribution in [0, 0.1) is 17.0 Å². The molecule has 0 radical (unpaired) electrons. The summed E-state index contributed by atoms with van der Waals surface area (Å²) in [6.07, 6.45) is 0. The van der Waals surface area contributed by atoms with Crippen molar-refractivity contribution in [3.63, 3.8) is 0 Å². The van der Waals surface area contributed by atoms with Crippen molar-refractivity contribution in [3.05, 3.63) is 15.8 Å². The van der Waals surface area contributed by atoms with Crippen LogP contribution in [-0.4, -0.2) is 39.0 Å². The zero-order valence-corrected chi connectivity index (χ0v) is 13.1. The van der Waals surface area contributed by atoms with Gasteiger partial charge >= 0.3 is 5.69 Å². The maximum atomic E-state index is 11.2. The molecule has 1 atom stereocenters. The molecule has 2 N–H and O–H groups in total. The molecule has 8 heteroatoms. The van der Waals surface area contributed by atoms with Crippen molar-refractivity contribution < 1.29 is 4.92 Å². The molecule has 0 bridgehead atoms. The average Bonchev–Trinajstić information content (AvgIpc) is 2.35. The lowest BCUT2D eigenvalue weighted by molar-refractivity contribution is -0.385. The van der Waals surface area contributed by atoms with Gasteiger partial charge in [-0.25, -0.2) is 4.98 Å². The van der Waals surface area contributed by atoms with Gasteiger partial charge in [-0.05, 0) is 26.5 Å². The Morgan fingerprint density at radius 1 is 1.40 bits per heavy atom. The summed E-state index contributed by atoms with van der Waals surface area (Å²) in [7, 11) is 0. The molecule has 0 aromatic carbocycles. The van der Waals surface area contributed by atoms with Crippen LogP contribution < -0.4 is 10.6 Å². The lowest BCUT2D eigenvalue weighted by atomic mass is 10.3. The summed E-state index contributed by atoms with van der Waals surface area (Å²) in [5.41, 5.74) is 0.304. The van der Waals surface area contributed by atoms with Gasteiger partial charge in [0.2, 0.25) is 11.8 Å². The van der Waals surface area contributed by atoms with Gasteiger partial charge in [0.15, 0.2) is 0 Å². The van der Waals surface area contributed by atoms with Gasteiger partial charge in [-0.3, -0.25) is 10.1 Å². The second kappa shape index (κ2) is 7.88. The number of anilines is 2. The monoisotopic (exact) mass is 299 g/mol. The summed E-state index contributed by atoms with van der Waals surface area (Å²) in [5, 5.41) is 17.3. The molecule has 1 unspecified atom stereocenters. The zero-order valence-electron chi connectivity index (χ0n) is 12.3. The van der Waals surface area contributed by atoms with Crippen molar-refractivity contribution >= 4 is 29.2 Å². The largest absolute Gasteiger partial charge is 0.361 e. The van der Waals surface area contributed by atoms with Gasteiger partial charge in [0.25, 0.3) is 0 Å². The SMILES string of the molecule is CCNc1nc(C)c([N+](=O)[O-])c(NC(C)CSCC)n1. The molecule has 0 spiro atoms. The lowest BCUT2D eigenvalue weighted by Gasteiger charge is -2.15. The number of thioether (sulfide) groups is 1. The Bertz CT molecular complexity index is 469. The first-order valence-electron chi connectivity index (χ1n) is 6.60. The Morgan fingerprint density at radius 2 is 2.10 bits per heavy atom. The fraction of sp³-hybridized carbons (Fsp3) is 0.667. The van der Waals surface area contributed by atoms with E-state index in [-0.39, 0.29) is 17.5 Å².